The van der Waals surface area contributed by atoms with Gasteiger partial charge in [-0.15, -0.1) is 0 Å². The molecule has 0 aliphatic carbocycles. The van der Waals surface area contributed by atoms with Crippen molar-refractivity contribution in [3.05, 3.63) is 0 Å². The summed E-state index contributed by atoms with van der Waals surface area (Å²) in [5.74, 6) is -41.9. The molecule has 0 aromatic heterocycles. The molecule has 0 fully saturated rings. The normalized spacial score (nSPS) is 16.8. The number of hydrogen-bond acceptors (Lipinski definition) is 1. The van der Waals surface area contributed by atoms with Crippen LogP contribution in [-0.2, 0) is 4.57 Å². The molecule has 0 aromatic carbocycles. The van der Waals surface area contributed by atoms with Crippen molar-refractivity contribution in [3.63, 3.8) is 0 Å². The van der Waals surface area contributed by atoms with Crippen molar-refractivity contribution < 1.29 is 80.2 Å². The summed E-state index contributed by atoms with van der Waals surface area (Å²) in [7, 11) is -7.83. The molecule has 0 bridgehead atoms. The summed E-state index contributed by atoms with van der Waals surface area (Å²) in [6.45, 7) is 0. The molecule has 0 amide bonds. The molecule has 0 aliphatic rings. The highest BCUT2D eigenvalue weighted by molar-refractivity contribution is 7.53. The molecule has 0 heterocycles. The Hall–Kier alpha value is -0.900. The van der Waals surface area contributed by atoms with Crippen LogP contribution in [0.25, 0.3) is 0 Å². The highest BCUT2D eigenvalue weighted by Crippen LogP contribution is 2.68. The van der Waals surface area contributed by atoms with E-state index in [4.69, 9.17) is 9.79 Å². The average Bonchev–Trinajstić information content (AvgIpc) is 2.34. The van der Waals surface area contributed by atoms with E-state index in [1.54, 1.807) is 0 Å². The first kappa shape index (κ1) is 25.1. The van der Waals surface area contributed by atoms with Crippen molar-refractivity contribution in [2.75, 3.05) is 0 Å². The van der Waals surface area contributed by atoms with Crippen LogP contribution in [0.4, 0.5) is 65.9 Å². The summed E-state index contributed by atoms with van der Waals surface area (Å²) in [5, 5.41) is 0. The quantitative estimate of drug-likeness (QED) is 0.463. The van der Waals surface area contributed by atoms with Gasteiger partial charge in [0.05, 0.1) is 0 Å². The van der Waals surface area contributed by atoms with Crippen LogP contribution < -0.4 is 0 Å². The Kier molecular flexibility index (Phi) is 5.60. The van der Waals surface area contributed by atoms with Gasteiger partial charge in [0.15, 0.2) is 0 Å². The van der Waals surface area contributed by atoms with E-state index in [1.165, 1.54) is 0 Å². The minimum atomic E-state index is -8.57. The molecule has 0 radical (unpaired) electrons. The molecule has 0 rings (SSSR count). The lowest BCUT2D eigenvalue weighted by molar-refractivity contribution is -0.448. The Bertz CT molecular complexity index is 587. The number of hydrogen-bond donors (Lipinski definition) is 2. The predicted octanol–water partition coefficient (Wildman–Crippen LogP) is 4.50. The molecule has 0 spiro atoms. The van der Waals surface area contributed by atoms with Gasteiger partial charge in [0.2, 0.25) is 0 Å². The van der Waals surface area contributed by atoms with Gasteiger partial charge < -0.3 is 9.79 Å². The van der Waals surface area contributed by atoms with Gasteiger partial charge in [-0.05, 0) is 0 Å². The minimum absolute atomic E-state index is 7.56. The molecule has 158 valence electrons. The van der Waals surface area contributed by atoms with Crippen LogP contribution in [0.5, 0.6) is 0 Å². The van der Waals surface area contributed by atoms with Gasteiger partial charge in [-0.25, -0.2) is 0 Å². The van der Waals surface area contributed by atoms with E-state index >= 15 is 0 Å². The maximum absolute atomic E-state index is 12.9. The molecule has 19 heteroatoms. The van der Waals surface area contributed by atoms with Crippen LogP contribution in [-0.4, -0.2) is 51.2 Å². The van der Waals surface area contributed by atoms with Crippen molar-refractivity contribution in [2.45, 2.75) is 41.5 Å². The summed E-state index contributed by atoms with van der Waals surface area (Å²) in [6, 6.07) is 0. The Morgan fingerprint density at radius 1 is 0.462 bits per heavy atom. The van der Waals surface area contributed by atoms with Crippen molar-refractivity contribution in [1.82, 2.24) is 0 Å². The number of halogens is 15. The molecular weight excluding hydrogens is 448 g/mol. The summed E-state index contributed by atoms with van der Waals surface area (Å²) < 4.78 is 198. The van der Waals surface area contributed by atoms with Crippen LogP contribution in [0.2, 0.25) is 0 Å². The van der Waals surface area contributed by atoms with Crippen molar-refractivity contribution in [1.29, 1.82) is 0 Å². The van der Waals surface area contributed by atoms with Crippen LogP contribution in [0, 0.1) is 0 Å². The standard InChI is InChI=1S/C7H2F15O3P/c8-1(9,2(10,11)4(14,15)6(18,19)20)3(12,13)5(16,17)7(21,22)26(23,24)25/h(H2,23,24,25). The van der Waals surface area contributed by atoms with Gasteiger partial charge in [-0.1, -0.05) is 0 Å². The van der Waals surface area contributed by atoms with E-state index in [-0.39, 0.29) is 0 Å². The molecule has 3 nitrogen and oxygen atoms in total. The van der Waals surface area contributed by atoms with Gasteiger partial charge in [0.25, 0.3) is 0 Å². The second kappa shape index (κ2) is 5.80. The molecule has 0 saturated heterocycles. The van der Waals surface area contributed by atoms with Gasteiger partial charge >= 0.3 is 49.0 Å². The molecule has 0 aliphatic heterocycles. The third-order valence-electron chi connectivity index (χ3n) is 2.68. The Morgan fingerprint density at radius 3 is 0.923 bits per heavy atom. The molecule has 0 unspecified atom stereocenters. The largest absolute Gasteiger partial charge is 0.460 e. The van der Waals surface area contributed by atoms with Gasteiger partial charge in [-0.2, -0.15) is 65.9 Å². The highest BCUT2D eigenvalue weighted by Gasteiger charge is 2.94. The Morgan fingerprint density at radius 2 is 0.692 bits per heavy atom. The highest BCUT2D eigenvalue weighted by atomic mass is 31.2. The van der Waals surface area contributed by atoms with Gasteiger partial charge in [0.1, 0.15) is 0 Å². The zero-order valence-electron chi connectivity index (χ0n) is 10.9. The van der Waals surface area contributed by atoms with Gasteiger partial charge in [-0.3, -0.25) is 4.57 Å². The first-order valence-corrected chi connectivity index (χ1v) is 6.75. The fourth-order valence-corrected chi connectivity index (χ4v) is 1.65. The molecule has 26 heavy (non-hydrogen) atoms. The van der Waals surface area contributed by atoms with Gasteiger partial charge in [0, 0.05) is 0 Å². The van der Waals surface area contributed by atoms with E-state index in [1.807, 2.05) is 0 Å². The van der Waals surface area contributed by atoms with Crippen molar-refractivity contribution >= 4 is 7.60 Å². The monoisotopic (exact) mass is 450 g/mol. The number of alkyl halides is 15. The maximum atomic E-state index is 12.9. The zero-order valence-corrected chi connectivity index (χ0v) is 11.8. The summed E-state index contributed by atoms with van der Waals surface area (Å²) in [5.41, 5.74) is -7.56. The zero-order chi connectivity index (χ0) is 22.0. The first-order chi connectivity index (χ1) is 10.8. The third-order valence-corrected chi connectivity index (χ3v) is 3.69. The van der Waals surface area contributed by atoms with Crippen LogP contribution >= 0.6 is 7.60 Å². The van der Waals surface area contributed by atoms with E-state index in [0.717, 1.165) is 0 Å². The average molecular weight is 450 g/mol. The first-order valence-electron chi connectivity index (χ1n) is 5.14. The van der Waals surface area contributed by atoms with Crippen LogP contribution in [0.1, 0.15) is 0 Å². The lowest BCUT2D eigenvalue weighted by Gasteiger charge is -2.41. The summed E-state index contributed by atoms with van der Waals surface area (Å²) >= 11 is 0. The SMILES string of the molecule is O=P(O)(O)C(F)(F)C(F)(F)C(F)(F)C(F)(F)C(F)(F)C(F)(F)C(F)(F)F. The molecule has 0 aromatic rings. The second-order valence-corrected chi connectivity index (χ2v) is 6.10. The lowest BCUT2D eigenvalue weighted by Crippen LogP contribution is -2.72. The predicted molar refractivity (Wildman–Crippen MR) is 47.8 cm³/mol. The third kappa shape index (κ3) is 2.93. The molecule has 0 saturated carbocycles. The maximum Gasteiger partial charge on any atom is 0.460 e. The fourth-order valence-electron chi connectivity index (χ4n) is 1.14. The Labute approximate surface area is 130 Å². The van der Waals surface area contributed by atoms with Crippen molar-refractivity contribution in [3.8, 4) is 0 Å². The topological polar surface area (TPSA) is 57.5 Å². The smallest absolute Gasteiger partial charge is 0.320 e. The van der Waals surface area contributed by atoms with E-state index in [0.29, 0.717) is 0 Å². The van der Waals surface area contributed by atoms with E-state index < -0.39 is 49.0 Å². The molecule has 2 N–H and O–H groups in total. The van der Waals surface area contributed by atoms with Crippen molar-refractivity contribution in [2.24, 2.45) is 0 Å². The van der Waals surface area contributed by atoms with Crippen LogP contribution in [0.3, 0.4) is 0 Å². The second-order valence-electron chi connectivity index (χ2n) is 4.45. The Balaban J connectivity index is 6.66. The molecule has 0 atom stereocenters. The summed E-state index contributed by atoms with van der Waals surface area (Å²) in [6.07, 6.45) is -7.74. The minimum Gasteiger partial charge on any atom is -0.320 e. The van der Waals surface area contributed by atoms with E-state index in [2.05, 4.69) is 0 Å². The summed E-state index contributed by atoms with van der Waals surface area (Å²) in [4.78, 5) is 15.6. The fraction of sp³-hybridized carbons (Fsp3) is 1.00. The molecular formula is C7H2F15O3P. The lowest BCUT2D eigenvalue weighted by atomic mass is 9.94. The number of rotatable bonds is 6. The van der Waals surface area contributed by atoms with Crippen LogP contribution in [0.15, 0.2) is 0 Å². The van der Waals surface area contributed by atoms with E-state index in [9.17, 15) is 70.4 Å².